The number of nitrogens with zero attached hydrogens (tertiary/aromatic N) is 1. The van der Waals surface area contributed by atoms with Gasteiger partial charge in [0.05, 0.1) is 10.9 Å². The van der Waals surface area contributed by atoms with Crippen molar-refractivity contribution in [1.82, 2.24) is 4.90 Å². The van der Waals surface area contributed by atoms with Gasteiger partial charge in [-0.3, -0.25) is 4.90 Å². The van der Waals surface area contributed by atoms with E-state index in [1.165, 1.54) is 0 Å². The lowest BCUT2D eigenvalue weighted by atomic mass is 9.83. The zero-order chi connectivity index (χ0) is 29.8. The van der Waals surface area contributed by atoms with E-state index in [2.05, 4.69) is 4.90 Å². The van der Waals surface area contributed by atoms with E-state index in [0.29, 0.717) is 49.7 Å². The highest BCUT2D eigenvalue weighted by Gasteiger charge is 2.35. The highest BCUT2D eigenvalue weighted by atomic mass is 35.5. The van der Waals surface area contributed by atoms with Crippen LogP contribution in [-0.2, 0) is 24.8 Å². The molecule has 0 unspecified atom stereocenters. The van der Waals surface area contributed by atoms with Crippen LogP contribution >= 0.6 is 11.6 Å². The summed E-state index contributed by atoms with van der Waals surface area (Å²) in [5.74, 6) is -1.66. The average Bonchev–Trinajstić information content (AvgIpc) is 2.89. The van der Waals surface area contributed by atoms with Gasteiger partial charge in [-0.25, -0.2) is 17.2 Å². The summed E-state index contributed by atoms with van der Waals surface area (Å²) >= 11 is 6.17. The number of rotatable bonds is 12. The van der Waals surface area contributed by atoms with Gasteiger partial charge >= 0.3 is 0 Å². The SMILES string of the molecule is COCCC(N)(CCOC)c1ccc([C@@H](c2ccc(Cl)cc2)N2CC(=C(c3cc(F)cc(F)c3)S(C)(=O)=O)C2)cc1. The van der Waals surface area contributed by atoms with Crippen LogP contribution in [0.4, 0.5) is 8.78 Å². The van der Waals surface area contributed by atoms with Gasteiger partial charge in [-0.1, -0.05) is 48.0 Å². The molecule has 1 saturated heterocycles. The molecule has 1 fully saturated rings. The normalized spacial score (nSPS) is 15.0. The highest BCUT2D eigenvalue weighted by Crippen LogP contribution is 2.39. The van der Waals surface area contributed by atoms with Crippen LogP contribution in [0.3, 0.4) is 0 Å². The molecular formula is C31H35ClF2N2O4S. The van der Waals surface area contributed by atoms with Gasteiger partial charge in [0.2, 0.25) is 0 Å². The van der Waals surface area contributed by atoms with E-state index in [9.17, 15) is 17.2 Å². The maximum Gasteiger partial charge on any atom is 0.176 e. The molecule has 2 N–H and O–H groups in total. The lowest BCUT2D eigenvalue weighted by Crippen LogP contribution is -2.44. The molecule has 1 heterocycles. The first kappa shape index (κ1) is 31.3. The number of methoxy groups -OCH3 is 2. The second kappa shape index (κ2) is 13.1. The van der Waals surface area contributed by atoms with Crippen molar-refractivity contribution in [3.05, 3.63) is 111 Å². The fourth-order valence-electron chi connectivity index (χ4n) is 5.37. The summed E-state index contributed by atoms with van der Waals surface area (Å²) in [4.78, 5) is 2.07. The van der Waals surface area contributed by atoms with Crippen LogP contribution in [0.2, 0.25) is 5.02 Å². The van der Waals surface area contributed by atoms with Crippen molar-refractivity contribution in [2.24, 2.45) is 5.73 Å². The second-order valence-electron chi connectivity index (χ2n) is 10.5. The molecule has 41 heavy (non-hydrogen) atoms. The van der Waals surface area contributed by atoms with Crippen LogP contribution in [0, 0.1) is 11.6 Å². The molecule has 0 radical (unpaired) electrons. The first-order valence-corrected chi connectivity index (χ1v) is 15.5. The molecule has 0 spiro atoms. The molecule has 0 amide bonds. The Labute approximate surface area is 245 Å². The third-order valence-electron chi connectivity index (χ3n) is 7.46. The molecule has 1 aliphatic heterocycles. The van der Waals surface area contributed by atoms with Crippen molar-refractivity contribution >= 4 is 26.3 Å². The minimum absolute atomic E-state index is 0.0125. The zero-order valence-electron chi connectivity index (χ0n) is 23.4. The van der Waals surface area contributed by atoms with Crippen molar-refractivity contribution < 1.29 is 26.7 Å². The summed E-state index contributed by atoms with van der Waals surface area (Å²) in [5, 5.41) is 0.601. The largest absolute Gasteiger partial charge is 0.385 e. The maximum atomic E-state index is 14.0. The van der Waals surface area contributed by atoms with E-state index in [1.54, 1.807) is 14.2 Å². The van der Waals surface area contributed by atoms with E-state index >= 15 is 0 Å². The highest BCUT2D eigenvalue weighted by molar-refractivity contribution is 8.00. The molecule has 3 aromatic carbocycles. The Kier molecular flexibility index (Phi) is 10.00. The Hall–Kier alpha value is -2.66. The van der Waals surface area contributed by atoms with Gasteiger partial charge < -0.3 is 15.2 Å². The van der Waals surface area contributed by atoms with Crippen molar-refractivity contribution in [2.45, 2.75) is 24.4 Å². The van der Waals surface area contributed by atoms with Gasteiger partial charge in [-0.15, -0.1) is 0 Å². The molecule has 10 heteroatoms. The van der Waals surface area contributed by atoms with Crippen molar-refractivity contribution in [3.63, 3.8) is 0 Å². The molecule has 220 valence electrons. The quantitative estimate of drug-likeness (QED) is 0.285. The van der Waals surface area contributed by atoms with Gasteiger partial charge in [0, 0.05) is 63.4 Å². The smallest absolute Gasteiger partial charge is 0.176 e. The Balaban J connectivity index is 1.70. The average molecular weight is 605 g/mol. The predicted octanol–water partition coefficient (Wildman–Crippen LogP) is 5.71. The number of hydrogen-bond acceptors (Lipinski definition) is 6. The standard InChI is InChI=1S/C31H35ClF2N2O4S/c1-39-14-12-31(35,13-15-40-2)25-8-4-21(5-9-25)29(22-6-10-26(32)11-7-22)36-19-24(20-36)30(41(3,37)38)23-16-27(33)18-28(34)17-23/h4-11,16-18,29H,12-15,19-20,35H2,1-3H3/t29-/m0/s1. The zero-order valence-corrected chi connectivity index (χ0v) is 24.9. The monoisotopic (exact) mass is 604 g/mol. The van der Waals surface area contributed by atoms with Gasteiger partial charge in [0.25, 0.3) is 0 Å². The summed E-state index contributed by atoms with van der Waals surface area (Å²) in [6.45, 7) is 1.63. The van der Waals surface area contributed by atoms with Gasteiger partial charge in [-0.2, -0.15) is 0 Å². The molecule has 0 bridgehead atoms. The predicted molar refractivity (Wildman–Crippen MR) is 158 cm³/mol. The van der Waals surface area contributed by atoms with Crippen LogP contribution in [0.25, 0.3) is 4.91 Å². The minimum atomic E-state index is -3.77. The number of halogens is 3. The summed E-state index contributed by atoms with van der Waals surface area (Å²) in [6, 6.07) is 18.2. The van der Waals surface area contributed by atoms with Crippen LogP contribution in [0.1, 0.15) is 41.1 Å². The third kappa shape index (κ3) is 7.41. The van der Waals surface area contributed by atoms with Crippen molar-refractivity contribution in [2.75, 3.05) is 46.8 Å². The molecule has 6 nitrogen and oxygen atoms in total. The van der Waals surface area contributed by atoms with E-state index in [1.807, 2.05) is 48.5 Å². The number of sulfone groups is 1. The number of likely N-dealkylation sites (tertiary alicyclic amines) is 1. The maximum absolute atomic E-state index is 14.0. The van der Waals surface area contributed by atoms with Crippen molar-refractivity contribution in [1.29, 1.82) is 0 Å². The topological polar surface area (TPSA) is 81.9 Å². The van der Waals surface area contributed by atoms with E-state index in [4.69, 9.17) is 26.8 Å². The number of nitrogens with two attached hydrogens (primary N) is 1. The van der Waals surface area contributed by atoms with E-state index in [0.717, 1.165) is 41.1 Å². The minimum Gasteiger partial charge on any atom is -0.385 e. The summed E-state index contributed by atoms with van der Waals surface area (Å²) in [7, 11) is -0.475. The van der Waals surface area contributed by atoms with Crippen LogP contribution < -0.4 is 5.73 Å². The molecule has 4 rings (SSSR count). The van der Waals surface area contributed by atoms with Crippen molar-refractivity contribution in [3.8, 4) is 0 Å². The van der Waals surface area contributed by atoms with E-state index in [-0.39, 0.29) is 16.5 Å². The van der Waals surface area contributed by atoms with Crippen LogP contribution in [0.5, 0.6) is 0 Å². The Morgan fingerprint density at radius 2 is 1.41 bits per heavy atom. The Morgan fingerprint density at radius 1 is 0.927 bits per heavy atom. The summed E-state index contributed by atoms with van der Waals surface area (Å²) in [6.07, 6.45) is 2.31. The van der Waals surface area contributed by atoms with Crippen LogP contribution in [0.15, 0.2) is 72.3 Å². The molecule has 1 atom stereocenters. The Morgan fingerprint density at radius 3 is 1.88 bits per heavy atom. The third-order valence-corrected chi connectivity index (χ3v) is 8.98. The number of hydrogen-bond donors (Lipinski definition) is 1. The first-order chi connectivity index (χ1) is 19.4. The first-order valence-electron chi connectivity index (χ1n) is 13.2. The lowest BCUT2D eigenvalue weighted by molar-refractivity contribution is 0.133. The Bertz CT molecular complexity index is 1460. The summed E-state index contributed by atoms with van der Waals surface area (Å²) in [5.41, 5.74) is 9.70. The fourth-order valence-corrected chi connectivity index (χ4v) is 6.70. The van der Waals surface area contributed by atoms with Crippen LogP contribution in [-0.4, -0.2) is 60.1 Å². The number of ether oxygens (including phenoxy) is 2. The molecule has 0 saturated carbocycles. The molecule has 0 aromatic heterocycles. The fraction of sp³-hybridized carbons (Fsp3) is 0.355. The van der Waals surface area contributed by atoms with Gasteiger partial charge in [0.1, 0.15) is 11.6 Å². The summed E-state index contributed by atoms with van der Waals surface area (Å²) < 4.78 is 64.1. The second-order valence-corrected chi connectivity index (χ2v) is 12.9. The lowest BCUT2D eigenvalue weighted by Gasteiger charge is -2.42. The van der Waals surface area contributed by atoms with Gasteiger partial charge in [-0.05, 0) is 64.9 Å². The molecule has 3 aromatic rings. The molecular weight excluding hydrogens is 570 g/mol. The number of benzene rings is 3. The molecule has 0 aliphatic carbocycles. The molecule has 1 aliphatic rings. The van der Waals surface area contributed by atoms with Gasteiger partial charge in [0.15, 0.2) is 9.84 Å². The van der Waals surface area contributed by atoms with E-state index < -0.39 is 27.0 Å².